The minimum atomic E-state index is -0.676. The summed E-state index contributed by atoms with van der Waals surface area (Å²) >= 11 is 0. The number of Topliss-reactive ketones (excluding diaryl/α,β-unsaturated/α-hetero) is 1. The molecule has 0 aliphatic carbocycles. The second kappa shape index (κ2) is 3.13. The highest BCUT2D eigenvalue weighted by Gasteiger charge is 2.34. The molecule has 4 nitrogen and oxygen atoms in total. The summed E-state index contributed by atoms with van der Waals surface area (Å²) in [6.45, 7) is 3.56. The van der Waals surface area contributed by atoms with Gasteiger partial charge in [-0.15, -0.1) is 0 Å². The normalized spacial score (nSPS) is 29.0. The first-order valence-corrected chi connectivity index (χ1v) is 3.87. The smallest absolute Gasteiger partial charge is 0.434 e. The molecule has 0 aromatic carbocycles. The van der Waals surface area contributed by atoms with Crippen LogP contribution in [0.25, 0.3) is 0 Å². The van der Waals surface area contributed by atoms with E-state index >= 15 is 0 Å². The van der Waals surface area contributed by atoms with Gasteiger partial charge in [-0.05, 0) is 13.8 Å². The molecule has 1 aliphatic rings. The van der Waals surface area contributed by atoms with E-state index in [0.717, 1.165) is 0 Å². The van der Waals surface area contributed by atoms with E-state index in [0.29, 0.717) is 13.0 Å². The Morgan fingerprint density at radius 1 is 1.67 bits per heavy atom. The number of ether oxygens (including phenoxy) is 2. The van der Waals surface area contributed by atoms with Crippen LogP contribution in [-0.4, -0.2) is 24.1 Å². The van der Waals surface area contributed by atoms with Crippen LogP contribution in [0.3, 0.4) is 0 Å². The van der Waals surface area contributed by atoms with Crippen molar-refractivity contribution in [3.05, 3.63) is 0 Å². The van der Waals surface area contributed by atoms with Crippen LogP contribution in [0.15, 0.2) is 0 Å². The average Bonchev–Trinajstić information content (AvgIpc) is 1.82. The molecule has 1 heterocycles. The van der Waals surface area contributed by atoms with E-state index in [2.05, 4.69) is 4.74 Å². The molecule has 0 bridgehead atoms. The van der Waals surface area contributed by atoms with E-state index in [1.54, 1.807) is 6.92 Å². The third kappa shape index (κ3) is 2.22. The van der Waals surface area contributed by atoms with Crippen molar-refractivity contribution in [2.24, 2.45) is 0 Å². The highest BCUT2D eigenvalue weighted by atomic mass is 16.7. The molecule has 0 amide bonds. The summed E-state index contributed by atoms with van der Waals surface area (Å²) in [5.74, 6) is 0.0206. The molecule has 0 aromatic rings. The Labute approximate surface area is 70.8 Å². The summed E-state index contributed by atoms with van der Waals surface area (Å²) in [5, 5.41) is 0. The molecule has 0 spiro atoms. The lowest BCUT2D eigenvalue weighted by molar-refractivity contribution is -0.126. The Balaban J connectivity index is 2.57. The van der Waals surface area contributed by atoms with E-state index in [-0.39, 0.29) is 12.2 Å². The summed E-state index contributed by atoms with van der Waals surface area (Å²) in [6, 6.07) is 0. The van der Waals surface area contributed by atoms with Gasteiger partial charge in [0.1, 0.15) is 11.4 Å². The molecule has 1 rings (SSSR count). The van der Waals surface area contributed by atoms with Crippen molar-refractivity contribution < 1.29 is 19.1 Å². The number of hydrogen-bond donors (Lipinski definition) is 0. The molecule has 0 saturated carbocycles. The second-order valence-corrected chi connectivity index (χ2v) is 3.28. The Kier molecular flexibility index (Phi) is 2.35. The van der Waals surface area contributed by atoms with Gasteiger partial charge >= 0.3 is 6.16 Å². The van der Waals surface area contributed by atoms with Gasteiger partial charge in [-0.25, -0.2) is 4.79 Å². The van der Waals surface area contributed by atoms with Crippen molar-refractivity contribution in [2.75, 3.05) is 6.61 Å². The zero-order valence-corrected chi connectivity index (χ0v) is 7.25. The first kappa shape index (κ1) is 9.03. The fourth-order valence-corrected chi connectivity index (χ4v) is 1.28. The standard InChI is InChI=1S/C8H12O4/c1-6(9)5-8(2)3-4-11-7(10)12-8/h3-5H2,1-2H3. The van der Waals surface area contributed by atoms with Crippen molar-refractivity contribution in [3.63, 3.8) is 0 Å². The van der Waals surface area contributed by atoms with Crippen LogP contribution in [0.2, 0.25) is 0 Å². The number of carbonyl (C=O) groups is 2. The summed E-state index contributed by atoms with van der Waals surface area (Å²) in [6.07, 6.45) is 0.172. The lowest BCUT2D eigenvalue weighted by Crippen LogP contribution is -2.39. The van der Waals surface area contributed by atoms with Gasteiger partial charge in [0.25, 0.3) is 0 Å². The van der Waals surface area contributed by atoms with Crippen LogP contribution in [0.1, 0.15) is 26.7 Å². The third-order valence-electron chi connectivity index (χ3n) is 1.80. The molecule has 1 unspecified atom stereocenters. The number of ketones is 1. The van der Waals surface area contributed by atoms with Gasteiger partial charge in [-0.3, -0.25) is 4.79 Å². The van der Waals surface area contributed by atoms with E-state index in [1.165, 1.54) is 6.92 Å². The van der Waals surface area contributed by atoms with Gasteiger partial charge in [-0.2, -0.15) is 0 Å². The van der Waals surface area contributed by atoms with Crippen LogP contribution < -0.4 is 0 Å². The molecule has 1 aliphatic heterocycles. The Morgan fingerprint density at radius 3 is 2.83 bits per heavy atom. The average molecular weight is 172 g/mol. The van der Waals surface area contributed by atoms with Gasteiger partial charge in [-0.1, -0.05) is 0 Å². The lowest BCUT2D eigenvalue weighted by atomic mass is 9.95. The van der Waals surface area contributed by atoms with Gasteiger partial charge in [0, 0.05) is 12.8 Å². The van der Waals surface area contributed by atoms with Crippen molar-refractivity contribution in [1.29, 1.82) is 0 Å². The monoisotopic (exact) mass is 172 g/mol. The van der Waals surface area contributed by atoms with Crippen LogP contribution >= 0.6 is 0 Å². The number of rotatable bonds is 2. The number of cyclic esters (lactones) is 2. The van der Waals surface area contributed by atoms with Crippen LogP contribution in [0, 0.1) is 0 Å². The molecule has 0 radical (unpaired) electrons. The van der Waals surface area contributed by atoms with E-state index < -0.39 is 11.8 Å². The predicted octanol–water partition coefficient (Wildman–Crippen LogP) is 1.28. The van der Waals surface area contributed by atoms with Gasteiger partial charge in [0.2, 0.25) is 0 Å². The lowest BCUT2D eigenvalue weighted by Gasteiger charge is -2.31. The van der Waals surface area contributed by atoms with Gasteiger partial charge in [0.05, 0.1) is 6.61 Å². The topological polar surface area (TPSA) is 52.6 Å². The fourth-order valence-electron chi connectivity index (χ4n) is 1.28. The SMILES string of the molecule is CC(=O)CC1(C)CCOC(=O)O1. The maximum absolute atomic E-state index is 10.8. The van der Waals surface area contributed by atoms with Crippen molar-refractivity contribution in [1.82, 2.24) is 0 Å². The molecule has 1 saturated heterocycles. The molecule has 1 fully saturated rings. The molecule has 0 N–H and O–H groups in total. The molecule has 0 aromatic heterocycles. The van der Waals surface area contributed by atoms with Crippen LogP contribution in [0.5, 0.6) is 0 Å². The second-order valence-electron chi connectivity index (χ2n) is 3.28. The van der Waals surface area contributed by atoms with Gasteiger partial charge < -0.3 is 9.47 Å². The van der Waals surface area contributed by atoms with Gasteiger partial charge in [0.15, 0.2) is 0 Å². The van der Waals surface area contributed by atoms with Crippen LogP contribution in [-0.2, 0) is 14.3 Å². The highest BCUT2D eigenvalue weighted by molar-refractivity contribution is 5.77. The number of hydrogen-bond acceptors (Lipinski definition) is 4. The summed E-state index contributed by atoms with van der Waals surface area (Å²) in [7, 11) is 0. The van der Waals surface area contributed by atoms with Crippen molar-refractivity contribution in [3.8, 4) is 0 Å². The predicted molar refractivity (Wildman–Crippen MR) is 40.8 cm³/mol. The Morgan fingerprint density at radius 2 is 2.33 bits per heavy atom. The summed E-state index contributed by atoms with van der Waals surface area (Å²) in [5.41, 5.74) is -0.652. The maximum atomic E-state index is 10.8. The molecular formula is C8H12O4. The molecule has 1 atom stereocenters. The first-order valence-electron chi connectivity index (χ1n) is 3.87. The maximum Gasteiger partial charge on any atom is 0.508 e. The fraction of sp³-hybridized carbons (Fsp3) is 0.750. The summed E-state index contributed by atoms with van der Waals surface area (Å²) in [4.78, 5) is 21.5. The van der Waals surface area contributed by atoms with Crippen LogP contribution in [0.4, 0.5) is 4.79 Å². The zero-order chi connectivity index (χ0) is 9.19. The van der Waals surface area contributed by atoms with E-state index in [1.807, 2.05) is 0 Å². The van der Waals surface area contributed by atoms with E-state index in [9.17, 15) is 9.59 Å². The summed E-state index contributed by atoms with van der Waals surface area (Å²) < 4.78 is 9.49. The Hall–Kier alpha value is -1.06. The molecular weight excluding hydrogens is 160 g/mol. The minimum absolute atomic E-state index is 0.0206. The van der Waals surface area contributed by atoms with Crippen molar-refractivity contribution in [2.45, 2.75) is 32.3 Å². The van der Waals surface area contributed by atoms with E-state index in [4.69, 9.17) is 4.74 Å². The van der Waals surface area contributed by atoms with Crippen molar-refractivity contribution >= 4 is 11.9 Å². The molecule has 12 heavy (non-hydrogen) atoms. The first-order chi connectivity index (χ1) is 5.52. The zero-order valence-electron chi connectivity index (χ0n) is 7.25. The minimum Gasteiger partial charge on any atom is -0.434 e. The largest absolute Gasteiger partial charge is 0.508 e. The highest BCUT2D eigenvalue weighted by Crippen LogP contribution is 2.24. The number of carbonyl (C=O) groups excluding carboxylic acids is 2. The molecule has 4 heteroatoms. The molecule has 68 valence electrons. The Bertz CT molecular complexity index is 207. The quantitative estimate of drug-likeness (QED) is 0.589. The third-order valence-corrected chi connectivity index (χ3v) is 1.80.